The fourth-order valence-corrected chi connectivity index (χ4v) is 1.09. The molecule has 0 spiro atoms. The van der Waals surface area contributed by atoms with Crippen molar-refractivity contribution in [2.45, 2.75) is 30.7 Å². The van der Waals surface area contributed by atoms with Gasteiger partial charge in [-0.3, -0.25) is 0 Å². The Hall–Kier alpha value is 0.920. The van der Waals surface area contributed by atoms with E-state index in [2.05, 4.69) is 31.9 Å². The summed E-state index contributed by atoms with van der Waals surface area (Å²) in [7, 11) is 0. The first-order valence-electron chi connectivity index (χ1n) is 3.05. The molecule has 2 atom stereocenters. The van der Waals surface area contributed by atoms with Gasteiger partial charge in [-0.05, 0) is 19.8 Å². The van der Waals surface area contributed by atoms with Gasteiger partial charge < -0.3 is 5.11 Å². The van der Waals surface area contributed by atoms with Crippen molar-refractivity contribution in [2.24, 2.45) is 0 Å². The predicted octanol–water partition coefficient (Wildman–Crippen LogP) is 2.31. The maximum absolute atomic E-state index is 8.86. The van der Waals surface area contributed by atoms with Crippen molar-refractivity contribution in [3.8, 4) is 0 Å². The first-order valence-corrected chi connectivity index (χ1v) is 5.08. The van der Waals surface area contributed by atoms with Crippen molar-refractivity contribution in [2.75, 3.05) is 5.33 Å². The molecule has 9 heavy (non-hydrogen) atoms. The second kappa shape index (κ2) is 5.69. The average molecular weight is 260 g/mol. The van der Waals surface area contributed by atoms with Crippen LogP contribution in [-0.4, -0.2) is 21.4 Å². The van der Waals surface area contributed by atoms with Crippen LogP contribution in [0.15, 0.2) is 0 Å². The van der Waals surface area contributed by atoms with Crippen LogP contribution in [-0.2, 0) is 0 Å². The zero-order valence-electron chi connectivity index (χ0n) is 5.48. The van der Waals surface area contributed by atoms with Gasteiger partial charge in [-0.25, -0.2) is 0 Å². The lowest BCUT2D eigenvalue weighted by Crippen LogP contribution is -2.05. The van der Waals surface area contributed by atoms with E-state index in [0.717, 1.165) is 18.2 Å². The van der Waals surface area contributed by atoms with E-state index in [4.69, 9.17) is 5.11 Å². The Kier molecular flexibility index (Phi) is 6.27. The maximum Gasteiger partial charge on any atom is 0.0512 e. The summed E-state index contributed by atoms with van der Waals surface area (Å²) in [5.74, 6) is 0. The van der Waals surface area contributed by atoms with E-state index in [1.165, 1.54) is 0 Å². The number of hydrogen-bond donors (Lipinski definition) is 1. The Morgan fingerprint density at radius 3 is 2.33 bits per heavy atom. The topological polar surface area (TPSA) is 20.2 Å². The maximum atomic E-state index is 8.86. The molecule has 3 heteroatoms. The van der Waals surface area contributed by atoms with Crippen LogP contribution in [0, 0.1) is 0 Å². The summed E-state index contributed by atoms with van der Waals surface area (Å²) in [6, 6.07) is 0. The van der Waals surface area contributed by atoms with Crippen LogP contribution in [0.1, 0.15) is 19.8 Å². The van der Waals surface area contributed by atoms with Crippen LogP contribution in [0.2, 0.25) is 0 Å². The van der Waals surface area contributed by atoms with E-state index >= 15 is 0 Å². The van der Waals surface area contributed by atoms with Gasteiger partial charge in [0.25, 0.3) is 0 Å². The van der Waals surface area contributed by atoms with Crippen molar-refractivity contribution >= 4 is 31.9 Å². The van der Waals surface area contributed by atoms with Gasteiger partial charge in [0.15, 0.2) is 0 Å². The monoisotopic (exact) mass is 258 g/mol. The van der Waals surface area contributed by atoms with Crippen molar-refractivity contribution in [1.29, 1.82) is 0 Å². The molecule has 0 aliphatic carbocycles. The van der Waals surface area contributed by atoms with Gasteiger partial charge in [0.1, 0.15) is 0 Å². The van der Waals surface area contributed by atoms with Crippen molar-refractivity contribution in [3.05, 3.63) is 0 Å². The van der Waals surface area contributed by atoms with Crippen molar-refractivity contribution < 1.29 is 5.11 Å². The molecule has 0 aromatic heterocycles. The summed E-state index contributed by atoms with van der Waals surface area (Å²) in [6.45, 7) is 1.81. The Morgan fingerprint density at radius 1 is 1.44 bits per heavy atom. The van der Waals surface area contributed by atoms with Gasteiger partial charge in [-0.1, -0.05) is 31.9 Å². The molecular weight excluding hydrogens is 248 g/mol. The van der Waals surface area contributed by atoms with Crippen LogP contribution in [0.4, 0.5) is 0 Å². The number of halogens is 2. The summed E-state index contributed by atoms with van der Waals surface area (Å²) in [5.41, 5.74) is 0. The van der Waals surface area contributed by atoms with E-state index < -0.39 is 0 Å². The molecule has 0 rings (SSSR count). The molecule has 56 valence electrons. The minimum absolute atomic E-state index is 0.163. The highest BCUT2D eigenvalue weighted by Gasteiger charge is 2.02. The number of hydrogen-bond acceptors (Lipinski definition) is 1. The summed E-state index contributed by atoms with van der Waals surface area (Å²) < 4.78 is 0. The van der Waals surface area contributed by atoms with E-state index in [9.17, 15) is 0 Å². The minimum Gasteiger partial charge on any atom is -0.393 e. The van der Waals surface area contributed by atoms with Gasteiger partial charge >= 0.3 is 0 Å². The molecule has 0 aliphatic rings. The van der Waals surface area contributed by atoms with Crippen molar-refractivity contribution in [3.63, 3.8) is 0 Å². The van der Waals surface area contributed by atoms with Gasteiger partial charge in [0.05, 0.1) is 6.10 Å². The third kappa shape index (κ3) is 6.81. The Morgan fingerprint density at radius 2 is 2.00 bits per heavy atom. The van der Waals surface area contributed by atoms with E-state index in [-0.39, 0.29) is 6.10 Å². The zero-order valence-corrected chi connectivity index (χ0v) is 8.65. The summed E-state index contributed by atoms with van der Waals surface area (Å²) in [6.07, 6.45) is 1.74. The van der Waals surface area contributed by atoms with Crippen molar-refractivity contribution in [1.82, 2.24) is 0 Å². The summed E-state index contributed by atoms with van der Waals surface area (Å²) in [4.78, 5) is 0.507. The third-order valence-corrected chi connectivity index (χ3v) is 3.50. The van der Waals surface area contributed by atoms with E-state index in [0.29, 0.717) is 4.83 Å². The molecule has 2 unspecified atom stereocenters. The number of rotatable bonds is 4. The summed E-state index contributed by atoms with van der Waals surface area (Å²) in [5, 5.41) is 9.82. The van der Waals surface area contributed by atoms with Gasteiger partial charge in [0.2, 0.25) is 0 Å². The number of alkyl halides is 2. The largest absolute Gasteiger partial charge is 0.393 e. The molecular formula is C6H12Br2O. The van der Waals surface area contributed by atoms with Crippen LogP contribution < -0.4 is 0 Å². The fraction of sp³-hybridized carbons (Fsp3) is 1.00. The highest BCUT2D eigenvalue weighted by atomic mass is 79.9. The molecule has 0 amide bonds. The molecule has 0 fully saturated rings. The average Bonchev–Trinajstić information content (AvgIpc) is 1.83. The van der Waals surface area contributed by atoms with Gasteiger partial charge in [-0.15, -0.1) is 0 Å². The van der Waals surface area contributed by atoms with Gasteiger partial charge in [-0.2, -0.15) is 0 Å². The number of aliphatic hydroxyl groups excluding tert-OH is 1. The first kappa shape index (κ1) is 9.92. The van der Waals surface area contributed by atoms with E-state index in [1.807, 2.05) is 6.92 Å². The Balaban J connectivity index is 3.06. The van der Waals surface area contributed by atoms with Crippen LogP contribution in [0.5, 0.6) is 0 Å². The number of aliphatic hydroxyl groups is 1. The molecule has 0 aromatic carbocycles. The minimum atomic E-state index is -0.163. The quantitative estimate of drug-likeness (QED) is 0.769. The molecule has 0 radical (unpaired) electrons. The normalized spacial score (nSPS) is 17.3. The standard InChI is InChI=1S/C6H12Br2O/c1-5(9)2-3-6(8)4-7/h5-6,9H,2-4H2,1H3. The molecule has 0 saturated heterocycles. The fourth-order valence-electron chi connectivity index (χ4n) is 0.499. The molecule has 0 aliphatic heterocycles. The lowest BCUT2D eigenvalue weighted by molar-refractivity contribution is 0.182. The van der Waals surface area contributed by atoms with Crippen LogP contribution in [0.3, 0.4) is 0 Å². The van der Waals surface area contributed by atoms with Crippen LogP contribution in [0.25, 0.3) is 0 Å². The highest BCUT2D eigenvalue weighted by molar-refractivity contribution is 9.12. The highest BCUT2D eigenvalue weighted by Crippen LogP contribution is 2.11. The molecule has 1 nitrogen and oxygen atoms in total. The molecule has 0 aromatic rings. The molecule has 0 bridgehead atoms. The zero-order chi connectivity index (χ0) is 7.28. The first-order chi connectivity index (χ1) is 4.16. The van der Waals surface area contributed by atoms with Crippen LogP contribution >= 0.6 is 31.9 Å². The lowest BCUT2D eigenvalue weighted by Gasteiger charge is -2.06. The Bertz CT molecular complexity index is 66.1. The van der Waals surface area contributed by atoms with E-state index in [1.54, 1.807) is 0 Å². The predicted molar refractivity (Wildman–Crippen MR) is 47.4 cm³/mol. The third-order valence-electron chi connectivity index (χ3n) is 1.07. The second-order valence-electron chi connectivity index (χ2n) is 2.18. The lowest BCUT2D eigenvalue weighted by atomic mass is 10.2. The molecule has 0 saturated carbocycles. The molecule has 0 heterocycles. The molecule has 1 N–H and O–H groups in total. The smallest absolute Gasteiger partial charge is 0.0512 e. The second-order valence-corrected chi connectivity index (χ2v) is 4.12. The SMILES string of the molecule is CC(O)CCC(Br)CBr. The Labute approximate surface area is 73.1 Å². The van der Waals surface area contributed by atoms with Gasteiger partial charge in [0, 0.05) is 10.2 Å². The summed E-state index contributed by atoms with van der Waals surface area (Å²) >= 11 is 6.78.